The minimum atomic E-state index is -0.730. The molecule has 3 heteroatoms. The number of carboxylic acid groups (broad SMARTS) is 1. The van der Waals surface area contributed by atoms with Crippen LogP contribution >= 0.6 is 0 Å². The second-order valence-corrected chi connectivity index (χ2v) is 11.0. The smallest absolute Gasteiger partial charge is 0.303 e. The Labute approximate surface area is 223 Å². The number of phenols is 1. The topological polar surface area (TPSA) is 57.5 Å². The molecule has 1 aromatic carbocycles. The van der Waals surface area contributed by atoms with E-state index in [-0.39, 0.29) is 12.3 Å². The summed E-state index contributed by atoms with van der Waals surface area (Å²) >= 11 is 0. The number of phenolic OH excluding ortho intramolecular Hbond substituents is 1. The molecule has 1 atom stereocenters. The van der Waals surface area contributed by atoms with Gasteiger partial charge in [-0.3, -0.25) is 4.79 Å². The SMILES string of the molecule is CCCCCCCCCCCCCCCCCCCCC(CC(=O)O)c1cc(CC)c(O)c(CC)c1. The third kappa shape index (κ3) is 14.9. The number of rotatable bonds is 24. The molecule has 1 rings (SSSR count). The maximum absolute atomic E-state index is 11.5. The van der Waals surface area contributed by atoms with E-state index in [4.69, 9.17) is 0 Å². The van der Waals surface area contributed by atoms with Crippen molar-refractivity contribution in [3.8, 4) is 5.75 Å². The number of aliphatic carboxylic acids is 1. The van der Waals surface area contributed by atoms with Gasteiger partial charge in [0, 0.05) is 0 Å². The first-order valence-electron chi connectivity index (χ1n) is 15.6. The van der Waals surface area contributed by atoms with Crippen molar-refractivity contribution in [3.63, 3.8) is 0 Å². The fourth-order valence-corrected chi connectivity index (χ4v) is 5.45. The van der Waals surface area contributed by atoms with Gasteiger partial charge in [-0.1, -0.05) is 148 Å². The zero-order chi connectivity index (χ0) is 26.4. The molecule has 0 bridgehead atoms. The highest BCUT2D eigenvalue weighted by atomic mass is 16.4. The summed E-state index contributed by atoms with van der Waals surface area (Å²) in [5, 5.41) is 19.9. The van der Waals surface area contributed by atoms with E-state index >= 15 is 0 Å². The van der Waals surface area contributed by atoms with Crippen LogP contribution in [0.4, 0.5) is 0 Å². The summed E-state index contributed by atoms with van der Waals surface area (Å²) in [5.41, 5.74) is 2.98. The van der Waals surface area contributed by atoms with Gasteiger partial charge in [-0.15, -0.1) is 0 Å². The van der Waals surface area contributed by atoms with E-state index in [1.165, 1.54) is 109 Å². The molecule has 208 valence electrons. The van der Waals surface area contributed by atoms with E-state index in [2.05, 4.69) is 6.92 Å². The Morgan fingerprint density at radius 1 is 0.639 bits per heavy atom. The molecule has 36 heavy (non-hydrogen) atoms. The number of unbranched alkanes of at least 4 members (excludes halogenated alkanes) is 17. The molecule has 1 unspecified atom stereocenters. The van der Waals surface area contributed by atoms with Crippen molar-refractivity contribution in [2.45, 2.75) is 168 Å². The van der Waals surface area contributed by atoms with Crippen LogP contribution < -0.4 is 0 Å². The Kier molecular flexibility index (Phi) is 19.5. The summed E-state index contributed by atoms with van der Waals surface area (Å²) in [6.45, 7) is 6.37. The van der Waals surface area contributed by atoms with Gasteiger partial charge in [0.25, 0.3) is 0 Å². The largest absolute Gasteiger partial charge is 0.507 e. The molecule has 0 aliphatic heterocycles. The number of benzene rings is 1. The molecular formula is C33H58O3. The van der Waals surface area contributed by atoms with Gasteiger partial charge < -0.3 is 10.2 Å². The highest BCUT2D eigenvalue weighted by Gasteiger charge is 2.18. The molecule has 2 N–H and O–H groups in total. The van der Waals surface area contributed by atoms with Crippen molar-refractivity contribution in [2.75, 3.05) is 0 Å². The zero-order valence-corrected chi connectivity index (χ0v) is 24.1. The Bertz CT molecular complexity index is 657. The van der Waals surface area contributed by atoms with E-state index in [1.54, 1.807) is 0 Å². The molecule has 0 fully saturated rings. The first kappa shape index (κ1) is 32.5. The van der Waals surface area contributed by atoms with Gasteiger partial charge in [0.1, 0.15) is 5.75 Å². The maximum Gasteiger partial charge on any atom is 0.303 e. The van der Waals surface area contributed by atoms with Crippen LogP contribution in [0.3, 0.4) is 0 Å². The summed E-state index contributed by atoms with van der Waals surface area (Å²) in [7, 11) is 0. The van der Waals surface area contributed by atoms with Crippen molar-refractivity contribution in [1.82, 2.24) is 0 Å². The molecular weight excluding hydrogens is 444 g/mol. The lowest BCUT2D eigenvalue weighted by Gasteiger charge is -2.19. The minimum absolute atomic E-state index is 0.0414. The summed E-state index contributed by atoms with van der Waals surface area (Å²) in [6.07, 6.45) is 27.2. The first-order chi connectivity index (χ1) is 17.5. The number of hydrogen-bond donors (Lipinski definition) is 2. The lowest BCUT2D eigenvalue weighted by Crippen LogP contribution is -2.08. The number of carboxylic acids is 1. The number of aryl methyl sites for hydroxylation is 2. The van der Waals surface area contributed by atoms with Crippen LogP contribution in [0.15, 0.2) is 12.1 Å². The van der Waals surface area contributed by atoms with E-state index in [9.17, 15) is 15.0 Å². The van der Waals surface area contributed by atoms with Crippen LogP contribution in [0.1, 0.15) is 172 Å². The molecule has 0 spiro atoms. The van der Waals surface area contributed by atoms with Gasteiger partial charge >= 0.3 is 5.97 Å². The predicted octanol–water partition coefficient (Wildman–Crippen LogP) is 10.5. The van der Waals surface area contributed by atoms with Crippen molar-refractivity contribution in [3.05, 3.63) is 28.8 Å². The predicted molar refractivity (Wildman–Crippen MR) is 155 cm³/mol. The maximum atomic E-state index is 11.5. The molecule has 0 aliphatic rings. The van der Waals surface area contributed by atoms with E-state index in [0.29, 0.717) is 5.75 Å². The second-order valence-electron chi connectivity index (χ2n) is 11.0. The highest BCUT2D eigenvalue weighted by molar-refractivity contribution is 5.68. The normalized spacial score (nSPS) is 12.2. The molecule has 0 radical (unpaired) electrons. The van der Waals surface area contributed by atoms with Gasteiger partial charge in [-0.2, -0.15) is 0 Å². The molecule has 0 amide bonds. The molecule has 0 saturated carbocycles. The average molecular weight is 503 g/mol. The fourth-order valence-electron chi connectivity index (χ4n) is 5.45. The molecule has 0 aliphatic carbocycles. The quantitative estimate of drug-likeness (QED) is 0.138. The molecule has 0 aromatic heterocycles. The Hall–Kier alpha value is -1.51. The lowest BCUT2D eigenvalue weighted by atomic mass is 9.87. The monoisotopic (exact) mass is 502 g/mol. The third-order valence-electron chi connectivity index (χ3n) is 7.85. The summed E-state index contributed by atoms with van der Waals surface area (Å²) in [4.78, 5) is 11.5. The van der Waals surface area contributed by atoms with Gasteiger partial charge in [0.05, 0.1) is 6.42 Å². The highest BCUT2D eigenvalue weighted by Crippen LogP contribution is 2.33. The van der Waals surface area contributed by atoms with Gasteiger partial charge in [-0.25, -0.2) is 0 Å². The van der Waals surface area contributed by atoms with Crippen molar-refractivity contribution < 1.29 is 15.0 Å². The zero-order valence-electron chi connectivity index (χ0n) is 24.1. The van der Waals surface area contributed by atoms with Gasteiger partial charge in [-0.05, 0) is 41.9 Å². The average Bonchev–Trinajstić information content (AvgIpc) is 2.87. The second kappa shape index (κ2) is 21.6. The van der Waals surface area contributed by atoms with Crippen LogP contribution in [0.5, 0.6) is 5.75 Å². The number of hydrogen-bond acceptors (Lipinski definition) is 2. The molecule has 3 nitrogen and oxygen atoms in total. The van der Waals surface area contributed by atoms with Crippen LogP contribution in [-0.2, 0) is 17.6 Å². The third-order valence-corrected chi connectivity index (χ3v) is 7.85. The molecule has 0 saturated heterocycles. The van der Waals surface area contributed by atoms with E-state index in [0.717, 1.165) is 42.4 Å². The van der Waals surface area contributed by atoms with Gasteiger partial charge in [0.2, 0.25) is 0 Å². The van der Waals surface area contributed by atoms with Crippen LogP contribution in [0, 0.1) is 0 Å². The van der Waals surface area contributed by atoms with E-state index in [1.807, 2.05) is 26.0 Å². The lowest BCUT2D eigenvalue weighted by molar-refractivity contribution is -0.137. The fraction of sp³-hybridized carbons (Fsp3) is 0.788. The Morgan fingerprint density at radius 2 is 1.00 bits per heavy atom. The van der Waals surface area contributed by atoms with E-state index < -0.39 is 5.97 Å². The number of aromatic hydroxyl groups is 1. The van der Waals surface area contributed by atoms with Crippen LogP contribution in [-0.4, -0.2) is 16.2 Å². The van der Waals surface area contributed by atoms with Gasteiger partial charge in [0.15, 0.2) is 0 Å². The Balaban J connectivity index is 2.12. The first-order valence-corrected chi connectivity index (χ1v) is 15.6. The molecule has 0 heterocycles. The standard InChI is InChI=1S/C33H58O3/c1-4-7-8-9-10-11-12-13-14-15-16-17-18-19-20-21-22-23-24-30(27-32(34)35)31-25-28(5-2)33(36)29(6-3)26-31/h25-26,30,36H,4-24,27H2,1-3H3,(H,34,35). The van der Waals surface area contributed by atoms with Crippen molar-refractivity contribution >= 4 is 5.97 Å². The van der Waals surface area contributed by atoms with Crippen LogP contribution in [0.2, 0.25) is 0 Å². The number of carbonyl (C=O) groups is 1. The summed E-state index contributed by atoms with van der Waals surface area (Å²) in [6, 6.07) is 4.08. The van der Waals surface area contributed by atoms with Crippen molar-refractivity contribution in [1.29, 1.82) is 0 Å². The van der Waals surface area contributed by atoms with Crippen molar-refractivity contribution in [2.24, 2.45) is 0 Å². The Morgan fingerprint density at radius 3 is 1.33 bits per heavy atom. The summed E-state index contributed by atoms with van der Waals surface area (Å²) < 4.78 is 0. The molecule has 1 aromatic rings. The van der Waals surface area contributed by atoms with Crippen LogP contribution in [0.25, 0.3) is 0 Å². The summed E-state index contributed by atoms with van der Waals surface area (Å²) in [5.74, 6) is -0.294. The minimum Gasteiger partial charge on any atom is -0.507 e.